The molecule has 0 radical (unpaired) electrons. The van der Waals surface area contributed by atoms with Crippen molar-refractivity contribution in [3.05, 3.63) is 82.7 Å². The molecule has 12 heteroatoms. The zero-order valence-electron chi connectivity index (χ0n) is 23.1. The maximum Gasteiger partial charge on any atom is 0.245 e. The number of anilines is 2. The van der Waals surface area contributed by atoms with E-state index in [9.17, 15) is 23.2 Å². The molecule has 3 aromatic rings. The molecule has 3 fully saturated rings. The first-order chi connectivity index (χ1) is 20.7. The number of hydrogen-bond donors (Lipinski definition) is 3. The van der Waals surface area contributed by atoms with E-state index in [1.807, 2.05) is 12.1 Å². The lowest BCUT2D eigenvalue weighted by molar-refractivity contribution is -0.207. The largest absolute Gasteiger partial charge is 0.380 e. The second-order valence-electron chi connectivity index (χ2n) is 12.6. The van der Waals surface area contributed by atoms with Crippen LogP contribution in [0.3, 0.4) is 0 Å². The molecule has 2 saturated heterocycles. The van der Waals surface area contributed by atoms with Crippen LogP contribution in [0.25, 0.3) is 0 Å². The summed E-state index contributed by atoms with van der Waals surface area (Å²) in [4.78, 5) is 50.5. The molecule has 3 amide bonds. The van der Waals surface area contributed by atoms with E-state index in [4.69, 9.17) is 4.74 Å². The zero-order chi connectivity index (χ0) is 29.6. The summed E-state index contributed by atoms with van der Waals surface area (Å²) in [6.07, 6.45) is 5.39. The number of pyridine rings is 2. The Hall–Kier alpha value is -4.29. The maximum atomic E-state index is 14.2. The van der Waals surface area contributed by atoms with Crippen LogP contribution < -0.4 is 16.0 Å². The number of piperazine rings is 1. The first-order valence-corrected chi connectivity index (χ1v) is 14.3. The van der Waals surface area contributed by atoms with Crippen LogP contribution >= 0.6 is 0 Å². The predicted octanol–water partition coefficient (Wildman–Crippen LogP) is 2.40. The van der Waals surface area contributed by atoms with Gasteiger partial charge in [-0.3, -0.25) is 14.4 Å². The lowest BCUT2D eigenvalue weighted by atomic mass is 9.55. The number of amides is 3. The zero-order valence-corrected chi connectivity index (χ0v) is 23.1. The molecule has 2 atom stereocenters. The first-order valence-electron chi connectivity index (χ1n) is 14.3. The van der Waals surface area contributed by atoms with Crippen LogP contribution in [0.1, 0.15) is 41.1 Å². The third-order valence-electron chi connectivity index (χ3n) is 9.76. The van der Waals surface area contributed by atoms with Crippen LogP contribution in [0.15, 0.2) is 48.8 Å². The quantitative estimate of drug-likeness (QED) is 0.429. The molecule has 5 heterocycles. The van der Waals surface area contributed by atoms with Crippen molar-refractivity contribution in [3.63, 3.8) is 0 Å². The second-order valence-corrected chi connectivity index (χ2v) is 12.6. The Morgan fingerprint density at radius 2 is 1.84 bits per heavy atom. The van der Waals surface area contributed by atoms with Gasteiger partial charge in [-0.15, -0.1) is 0 Å². The van der Waals surface area contributed by atoms with Crippen LogP contribution in [0.2, 0.25) is 0 Å². The minimum absolute atomic E-state index is 0.0348. The number of fused-ring (bicyclic) bond motifs is 3. The second kappa shape index (κ2) is 9.10. The molecule has 10 nitrogen and oxygen atoms in total. The summed E-state index contributed by atoms with van der Waals surface area (Å²) in [5.41, 5.74) is 1.29. The Labute approximate surface area is 245 Å². The number of carbonyl (C=O) groups excluding carboxylic acids is 3. The Morgan fingerprint density at radius 3 is 2.58 bits per heavy atom. The molecule has 1 aromatic carbocycles. The fraction of sp³-hybridized carbons (Fsp3) is 0.387. The highest BCUT2D eigenvalue weighted by atomic mass is 19.1. The monoisotopic (exact) mass is 586 g/mol. The topological polar surface area (TPSA) is 126 Å². The molecule has 2 unspecified atom stereocenters. The molecule has 43 heavy (non-hydrogen) atoms. The lowest BCUT2D eigenvalue weighted by Crippen LogP contribution is -2.76. The molecule has 2 aliphatic carbocycles. The summed E-state index contributed by atoms with van der Waals surface area (Å²) < 4.78 is 33.7. The van der Waals surface area contributed by atoms with Crippen LogP contribution in [0, 0.1) is 17.0 Å². The van der Waals surface area contributed by atoms with E-state index < -0.39 is 34.5 Å². The Bertz CT molecular complexity index is 1700. The van der Waals surface area contributed by atoms with Crippen LogP contribution in [-0.2, 0) is 37.4 Å². The molecule has 5 aliphatic rings. The van der Waals surface area contributed by atoms with Crippen molar-refractivity contribution in [1.82, 2.24) is 20.2 Å². The Balaban J connectivity index is 1.03. The number of aromatic nitrogens is 2. The number of halogens is 2. The van der Waals surface area contributed by atoms with Crippen molar-refractivity contribution in [2.75, 3.05) is 36.9 Å². The van der Waals surface area contributed by atoms with Crippen molar-refractivity contribution in [3.8, 4) is 0 Å². The standard InChI is InChI=1S/C31H28F2N6O4/c32-20-4-17(5-21(33)7-20)23-11-36-31(13-29(14-31)15-43-16-29)28(42)39(23)12-25(40)37-24-6-18-8-30(9-19(18)10-35-24)22-2-1-3-34-26(22)38-27(30)41/h1-7,10,23,36H,8-9,11-16H2,(H,34,38,41)(H,35,37,40). The Morgan fingerprint density at radius 1 is 1.07 bits per heavy atom. The molecule has 8 rings (SSSR count). The van der Waals surface area contributed by atoms with Crippen molar-refractivity contribution >= 4 is 29.4 Å². The van der Waals surface area contributed by atoms with Gasteiger partial charge in [0.2, 0.25) is 17.7 Å². The van der Waals surface area contributed by atoms with Crippen molar-refractivity contribution in [2.24, 2.45) is 5.41 Å². The fourth-order valence-electron chi connectivity index (χ4n) is 7.80. The van der Waals surface area contributed by atoms with Gasteiger partial charge in [0.05, 0.1) is 30.2 Å². The SMILES string of the molecule is O=C(CN1C(=O)C2(CC3(COC3)C2)NCC1c1cc(F)cc(F)c1)Nc1cc2c(cn1)CC1(C2)C(=O)Nc2ncccc21. The van der Waals surface area contributed by atoms with E-state index in [0.29, 0.717) is 50.5 Å². The molecule has 1 saturated carbocycles. The van der Waals surface area contributed by atoms with Crippen molar-refractivity contribution in [2.45, 2.75) is 42.7 Å². The molecule has 3 spiro atoms. The molecule has 220 valence electrons. The average Bonchev–Trinajstić information content (AvgIpc) is 3.44. The van der Waals surface area contributed by atoms with Gasteiger partial charge >= 0.3 is 0 Å². The van der Waals surface area contributed by atoms with E-state index in [0.717, 1.165) is 22.8 Å². The smallest absolute Gasteiger partial charge is 0.245 e. The van der Waals surface area contributed by atoms with E-state index >= 15 is 0 Å². The van der Waals surface area contributed by atoms with Gasteiger partial charge < -0.3 is 25.6 Å². The molecule has 2 aromatic heterocycles. The van der Waals surface area contributed by atoms with Gasteiger partial charge in [-0.25, -0.2) is 18.7 Å². The molecule has 0 bridgehead atoms. The minimum atomic E-state index is -0.834. The maximum absolute atomic E-state index is 14.2. The molecular formula is C31H28F2N6O4. The van der Waals surface area contributed by atoms with Gasteiger partial charge in [-0.1, -0.05) is 6.07 Å². The van der Waals surface area contributed by atoms with Crippen LogP contribution in [-0.4, -0.2) is 64.4 Å². The molecule has 3 aliphatic heterocycles. The number of hydrogen-bond acceptors (Lipinski definition) is 7. The summed E-state index contributed by atoms with van der Waals surface area (Å²) in [7, 11) is 0. The number of benzene rings is 1. The minimum Gasteiger partial charge on any atom is -0.380 e. The highest BCUT2D eigenvalue weighted by Gasteiger charge is 2.64. The van der Waals surface area contributed by atoms with Gasteiger partial charge in [0.1, 0.15) is 29.8 Å². The van der Waals surface area contributed by atoms with Gasteiger partial charge in [0, 0.05) is 36.0 Å². The summed E-state index contributed by atoms with van der Waals surface area (Å²) in [6.45, 7) is 1.12. The van der Waals surface area contributed by atoms with Crippen molar-refractivity contribution < 1.29 is 27.9 Å². The molecule has 3 N–H and O–H groups in total. The van der Waals surface area contributed by atoms with Gasteiger partial charge in [-0.2, -0.15) is 0 Å². The van der Waals surface area contributed by atoms with Crippen molar-refractivity contribution in [1.29, 1.82) is 0 Å². The normalized spacial score (nSPS) is 25.7. The fourth-order valence-corrected chi connectivity index (χ4v) is 7.80. The summed E-state index contributed by atoms with van der Waals surface area (Å²) in [5, 5.41) is 9.01. The average molecular weight is 587 g/mol. The van der Waals surface area contributed by atoms with E-state index in [-0.39, 0.29) is 35.9 Å². The van der Waals surface area contributed by atoms with Crippen LogP contribution in [0.4, 0.5) is 20.4 Å². The number of nitrogens with zero attached hydrogens (tertiary/aromatic N) is 3. The van der Waals surface area contributed by atoms with E-state index in [1.165, 1.54) is 17.0 Å². The molecular weight excluding hydrogens is 558 g/mol. The highest BCUT2D eigenvalue weighted by Crippen LogP contribution is 2.55. The first kappa shape index (κ1) is 26.3. The summed E-state index contributed by atoms with van der Waals surface area (Å²) in [5.74, 6) is -1.52. The van der Waals surface area contributed by atoms with E-state index in [1.54, 1.807) is 18.5 Å². The van der Waals surface area contributed by atoms with E-state index in [2.05, 4.69) is 25.9 Å². The van der Waals surface area contributed by atoms with Crippen LogP contribution in [0.5, 0.6) is 0 Å². The Kier molecular flexibility index (Phi) is 5.58. The lowest BCUT2D eigenvalue weighted by Gasteiger charge is -2.62. The summed E-state index contributed by atoms with van der Waals surface area (Å²) >= 11 is 0. The number of nitrogens with one attached hydrogen (secondary N) is 3. The predicted molar refractivity (Wildman–Crippen MR) is 149 cm³/mol. The summed E-state index contributed by atoms with van der Waals surface area (Å²) in [6, 6.07) is 7.89. The number of ether oxygens (including phenoxy) is 1. The number of rotatable bonds is 4. The number of carbonyl (C=O) groups is 3. The van der Waals surface area contributed by atoms with Gasteiger partial charge in [0.15, 0.2) is 0 Å². The highest BCUT2D eigenvalue weighted by molar-refractivity contribution is 6.06. The third-order valence-corrected chi connectivity index (χ3v) is 9.76. The van der Waals surface area contributed by atoms with Gasteiger partial charge in [-0.05, 0) is 66.6 Å². The third kappa shape index (κ3) is 4.00. The van der Waals surface area contributed by atoms with Gasteiger partial charge in [0.25, 0.3) is 0 Å².